The number of hydrogen-bond donors (Lipinski definition) is 2. The fraction of sp³-hybridized carbons (Fsp3) is 0.944. The zero-order chi connectivity index (χ0) is 16.3. The second kappa shape index (κ2) is 7.20. The highest BCUT2D eigenvalue weighted by atomic mass is 16.6. The molecule has 0 aromatic heterocycles. The van der Waals surface area contributed by atoms with E-state index in [9.17, 15) is 4.79 Å². The van der Waals surface area contributed by atoms with Crippen LogP contribution in [0.2, 0.25) is 0 Å². The lowest BCUT2D eigenvalue weighted by Gasteiger charge is -2.28. The van der Waals surface area contributed by atoms with Crippen molar-refractivity contribution in [3.05, 3.63) is 0 Å². The molecule has 2 saturated carbocycles. The monoisotopic (exact) mass is 310 g/mol. The van der Waals surface area contributed by atoms with E-state index in [1.807, 2.05) is 20.8 Å². The lowest BCUT2D eigenvalue weighted by Crippen LogP contribution is -2.45. The Balaban J connectivity index is 1.77. The van der Waals surface area contributed by atoms with Gasteiger partial charge in [0.25, 0.3) is 0 Å². The Hall–Kier alpha value is -0.770. The van der Waals surface area contributed by atoms with Crippen LogP contribution in [0.15, 0.2) is 0 Å². The van der Waals surface area contributed by atoms with E-state index in [-0.39, 0.29) is 6.09 Å². The molecule has 128 valence electrons. The SMILES string of the molecule is CC1CCC(NC2CCCC2CNC(=O)OC(C)(C)C)C1C. The van der Waals surface area contributed by atoms with Gasteiger partial charge in [0.05, 0.1) is 0 Å². The van der Waals surface area contributed by atoms with Crippen LogP contribution in [0.25, 0.3) is 0 Å². The summed E-state index contributed by atoms with van der Waals surface area (Å²) in [7, 11) is 0. The summed E-state index contributed by atoms with van der Waals surface area (Å²) < 4.78 is 5.33. The van der Waals surface area contributed by atoms with Crippen molar-refractivity contribution < 1.29 is 9.53 Å². The molecule has 1 amide bonds. The average molecular weight is 310 g/mol. The minimum Gasteiger partial charge on any atom is -0.444 e. The largest absolute Gasteiger partial charge is 0.444 e. The number of alkyl carbamates (subject to hydrolysis) is 1. The van der Waals surface area contributed by atoms with Gasteiger partial charge >= 0.3 is 6.09 Å². The van der Waals surface area contributed by atoms with E-state index in [1.54, 1.807) is 0 Å². The van der Waals surface area contributed by atoms with E-state index in [0.717, 1.165) is 18.4 Å². The van der Waals surface area contributed by atoms with E-state index >= 15 is 0 Å². The first kappa shape index (κ1) is 17.6. The Bertz CT molecular complexity index is 378. The lowest BCUT2D eigenvalue weighted by atomic mass is 9.95. The van der Waals surface area contributed by atoms with Crippen molar-refractivity contribution >= 4 is 6.09 Å². The Labute approximate surface area is 135 Å². The van der Waals surface area contributed by atoms with Gasteiger partial charge in [-0.05, 0) is 64.2 Å². The second-order valence-corrected chi connectivity index (χ2v) is 8.37. The van der Waals surface area contributed by atoms with Gasteiger partial charge in [-0.15, -0.1) is 0 Å². The van der Waals surface area contributed by atoms with Gasteiger partial charge < -0.3 is 15.4 Å². The van der Waals surface area contributed by atoms with Crippen LogP contribution in [0.4, 0.5) is 4.79 Å². The van der Waals surface area contributed by atoms with E-state index < -0.39 is 5.60 Å². The molecule has 22 heavy (non-hydrogen) atoms. The van der Waals surface area contributed by atoms with Crippen molar-refractivity contribution in [3.8, 4) is 0 Å². The molecule has 5 atom stereocenters. The predicted molar refractivity (Wildman–Crippen MR) is 89.9 cm³/mol. The highest BCUT2D eigenvalue weighted by Gasteiger charge is 2.35. The molecule has 0 radical (unpaired) electrons. The number of carbonyl (C=O) groups is 1. The summed E-state index contributed by atoms with van der Waals surface area (Å²) in [6.07, 6.45) is 6.04. The topological polar surface area (TPSA) is 50.4 Å². The van der Waals surface area contributed by atoms with E-state index in [1.165, 1.54) is 32.1 Å². The fourth-order valence-electron chi connectivity index (χ4n) is 3.90. The van der Waals surface area contributed by atoms with Crippen LogP contribution in [0.5, 0.6) is 0 Å². The molecule has 2 aliphatic rings. The summed E-state index contributed by atoms with van der Waals surface area (Å²) in [5.74, 6) is 2.13. The van der Waals surface area contributed by atoms with Crippen molar-refractivity contribution in [2.75, 3.05) is 6.54 Å². The van der Waals surface area contributed by atoms with Crippen LogP contribution in [-0.2, 0) is 4.74 Å². The molecular formula is C18H34N2O2. The molecule has 5 unspecified atom stereocenters. The van der Waals surface area contributed by atoms with E-state index in [0.29, 0.717) is 18.0 Å². The summed E-state index contributed by atoms with van der Waals surface area (Å²) >= 11 is 0. The van der Waals surface area contributed by atoms with Crippen molar-refractivity contribution in [2.24, 2.45) is 17.8 Å². The average Bonchev–Trinajstić information content (AvgIpc) is 2.96. The molecule has 4 nitrogen and oxygen atoms in total. The minimum absolute atomic E-state index is 0.291. The molecule has 4 heteroatoms. The highest BCUT2D eigenvalue weighted by Crippen LogP contribution is 2.34. The molecule has 2 N–H and O–H groups in total. The molecule has 2 fully saturated rings. The Kier molecular flexibility index (Phi) is 5.76. The Morgan fingerprint density at radius 1 is 1.09 bits per heavy atom. The maximum atomic E-state index is 11.8. The van der Waals surface area contributed by atoms with Gasteiger partial charge in [0.1, 0.15) is 5.60 Å². The Morgan fingerprint density at radius 2 is 1.82 bits per heavy atom. The fourth-order valence-corrected chi connectivity index (χ4v) is 3.90. The maximum Gasteiger partial charge on any atom is 0.407 e. The number of rotatable bonds is 4. The number of amides is 1. The van der Waals surface area contributed by atoms with Crippen LogP contribution in [0.3, 0.4) is 0 Å². The van der Waals surface area contributed by atoms with E-state index in [4.69, 9.17) is 4.74 Å². The van der Waals surface area contributed by atoms with Gasteiger partial charge in [0.2, 0.25) is 0 Å². The van der Waals surface area contributed by atoms with Crippen LogP contribution >= 0.6 is 0 Å². The third-order valence-corrected chi connectivity index (χ3v) is 5.46. The third-order valence-electron chi connectivity index (χ3n) is 5.46. The quantitative estimate of drug-likeness (QED) is 0.832. The number of hydrogen-bond acceptors (Lipinski definition) is 3. The number of carbonyl (C=O) groups excluding carboxylic acids is 1. The summed E-state index contributed by atoms with van der Waals surface area (Å²) in [5, 5.41) is 6.84. The smallest absolute Gasteiger partial charge is 0.407 e. The van der Waals surface area contributed by atoms with Crippen molar-refractivity contribution in [2.45, 2.75) is 84.4 Å². The van der Waals surface area contributed by atoms with Gasteiger partial charge in [-0.2, -0.15) is 0 Å². The first-order valence-electron chi connectivity index (χ1n) is 8.99. The molecule has 0 aliphatic heterocycles. The van der Waals surface area contributed by atoms with Crippen LogP contribution < -0.4 is 10.6 Å². The van der Waals surface area contributed by atoms with Gasteiger partial charge in [0.15, 0.2) is 0 Å². The minimum atomic E-state index is -0.424. The molecule has 0 heterocycles. The van der Waals surface area contributed by atoms with Gasteiger partial charge in [-0.1, -0.05) is 20.3 Å². The standard InChI is InChI=1S/C18H34N2O2/c1-12-9-10-15(13(12)2)20-16-8-6-7-14(16)11-19-17(21)22-18(3,4)5/h12-16,20H,6-11H2,1-5H3,(H,19,21). The predicted octanol–water partition coefficient (Wildman–Crippen LogP) is 3.70. The summed E-state index contributed by atoms with van der Waals surface area (Å²) in [6, 6.07) is 1.20. The van der Waals surface area contributed by atoms with Crippen molar-refractivity contribution in [1.29, 1.82) is 0 Å². The van der Waals surface area contributed by atoms with Gasteiger partial charge in [0, 0.05) is 18.6 Å². The van der Waals surface area contributed by atoms with Crippen molar-refractivity contribution in [1.82, 2.24) is 10.6 Å². The van der Waals surface area contributed by atoms with Gasteiger partial charge in [-0.3, -0.25) is 0 Å². The number of nitrogens with one attached hydrogen (secondary N) is 2. The molecule has 0 bridgehead atoms. The van der Waals surface area contributed by atoms with Gasteiger partial charge in [-0.25, -0.2) is 4.79 Å². The maximum absolute atomic E-state index is 11.8. The first-order valence-corrected chi connectivity index (χ1v) is 8.99. The number of ether oxygens (including phenoxy) is 1. The molecule has 0 aromatic rings. The summed E-state index contributed by atoms with van der Waals surface area (Å²) in [6.45, 7) is 11.2. The zero-order valence-electron chi connectivity index (χ0n) is 14.9. The lowest BCUT2D eigenvalue weighted by molar-refractivity contribution is 0.0517. The molecule has 2 rings (SSSR count). The summed E-state index contributed by atoms with van der Waals surface area (Å²) in [5.41, 5.74) is -0.424. The normalized spacial score (nSPS) is 35.6. The van der Waals surface area contributed by atoms with E-state index in [2.05, 4.69) is 24.5 Å². The first-order chi connectivity index (χ1) is 10.3. The molecule has 0 saturated heterocycles. The van der Waals surface area contributed by atoms with Crippen LogP contribution in [0, 0.1) is 17.8 Å². The molecule has 0 spiro atoms. The molecule has 2 aliphatic carbocycles. The second-order valence-electron chi connectivity index (χ2n) is 8.37. The molecular weight excluding hydrogens is 276 g/mol. The van der Waals surface area contributed by atoms with Crippen LogP contribution in [0.1, 0.15) is 66.7 Å². The van der Waals surface area contributed by atoms with Crippen LogP contribution in [-0.4, -0.2) is 30.3 Å². The molecule has 0 aromatic carbocycles. The van der Waals surface area contributed by atoms with Crippen molar-refractivity contribution in [3.63, 3.8) is 0 Å². The highest BCUT2D eigenvalue weighted by molar-refractivity contribution is 5.67. The third kappa shape index (κ3) is 4.87. The zero-order valence-corrected chi connectivity index (χ0v) is 14.9. The summed E-state index contributed by atoms with van der Waals surface area (Å²) in [4.78, 5) is 11.8. The Morgan fingerprint density at radius 3 is 2.41 bits per heavy atom.